The van der Waals surface area contributed by atoms with Crippen LogP contribution >= 0.6 is 0 Å². The Morgan fingerprint density at radius 3 is 2.91 bits per heavy atom. The molecule has 0 aromatic heterocycles. The quantitative estimate of drug-likeness (QED) is 0.782. The van der Waals surface area contributed by atoms with E-state index in [0.29, 0.717) is 24.0 Å². The van der Waals surface area contributed by atoms with Crippen molar-refractivity contribution in [3.63, 3.8) is 0 Å². The average molecular weight is 315 g/mol. The van der Waals surface area contributed by atoms with Crippen molar-refractivity contribution in [1.82, 2.24) is 0 Å². The van der Waals surface area contributed by atoms with Gasteiger partial charge in [-0.3, -0.25) is 0 Å². The summed E-state index contributed by atoms with van der Waals surface area (Å²) >= 11 is 0. The van der Waals surface area contributed by atoms with Gasteiger partial charge in [0.05, 0.1) is 11.8 Å². The van der Waals surface area contributed by atoms with Gasteiger partial charge in [-0.1, -0.05) is 18.1 Å². The van der Waals surface area contributed by atoms with Crippen LogP contribution in [0.25, 0.3) is 0 Å². The maximum absolute atomic E-state index is 10.9. The van der Waals surface area contributed by atoms with Gasteiger partial charge in [0.2, 0.25) is 0 Å². The Balaban J connectivity index is 1.73. The molecule has 0 saturated heterocycles. The minimum absolute atomic E-state index is 0.0621. The van der Waals surface area contributed by atoms with Gasteiger partial charge >= 0.3 is 0 Å². The number of phenols is 1. The molecule has 0 aliphatic heterocycles. The summed E-state index contributed by atoms with van der Waals surface area (Å²) in [5.41, 5.74) is 3.68. The Kier molecular flexibility index (Phi) is 3.41. The highest BCUT2D eigenvalue weighted by molar-refractivity contribution is 5.92. The standard InChI is InChI=1S/C19H25NO3/c1-19-8-7-14-13-4-3-12(21)9-11(13)10-16(22)18(14)15(19)5-6-17(19)20-23-2/h3-4,9,14-16,18,21-22H,5-8,10H2,1-2H3/b20-17-/t14-,15+,16-,18-,19+/m1/s1. The molecule has 0 bridgehead atoms. The molecule has 1 aromatic carbocycles. The average Bonchev–Trinajstić information content (AvgIpc) is 2.84. The number of oxime groups is 1. The fraction of sp³-hybridized carbons (Fsp3) is 0.632. The highest BCUT2D eigenvalue weighted by Crippen LogP contribution is 2.60. The highest BCUT2D eigenvalue weighted by atomic mass is 16.6. The van der Waals surface area contributed by atoms with Crippen LogP contribution in [-0.2, 0) is 11.3 Å². The van der Waals surface area contributed by atoms with Crippen molar-refractivity contribution in [2.24, 2.45) is 22.4 Å². The van der Waals surface area contributed by atoms with E-state index in [-0.39, 0.29) is 17.4 Å². The molecule has 3 aliphatic carbocycles. The third kappa shape index (κ3) is 2.11. The first-order chi connectivity index (χ1) is 11.0. The minimum atomic E-state index is -0.333. The number of aromatic hydroxyl groups is 1. The van der Waals surface area contributed by atoms with Crippen molar-refractivity contribution >= 4 is 5.71 Å². The second kappa shape index (κ2) is 5.23. The summed E-state index contributed by atoms with van der Waals surface area (Å²) in [5.74, 6) is 1.45. The monoisotopic (exact) mass is 315 g/mol. The fourth-order valence-corrected chi connectivity index (χ4v) is 5.64. The van der Waals surface area contributed by atoms with E-state index in [4.69, 9.17) is 4.84 Å². The highest BCUT2D eigenvalue weighted by Gasteiger charge is 2.56. The summed E-state index contributed by atoms with van der Waals surface area (Å²) in [6, 6.07) is 5.68. The minimum Gasteiger partial charge on any atom is -0.508 e. The van der Waals surface area contributed by atoms with Crippen molar-refractivity contribution in [2.75, 3.05) is 7.11 Å². The number of nitrogens with zero attached hydrogens (tertiary/aromatic N) is 1. The van der Waals surface area contributed by atoms with Gasteiger partial charge in [-0.05, 0) is 73.1 Å². The zero-order chi connectivity index (χ0) is 16.2. The second-order valence-corrected chi connectivity index (χ2v) is 7.66. The van der Waals surface area contributed by atoms with Crippen LogP contribution in [0.4, 0.5) is 0 Å². The number of hydrogen-bond donors (Lipinski definition) is 2. The molecule has 0 amide bonds. The van der Waals surface area contributed by atoms with Gasteiger partial charge in [0.25, 0.3) is 0 Å². The van der Waals surface area contributed by atoms with Gasteiger partial charge in [-0.2, -0.15) is 0 Å². The molecule has 0 unspecified atom stereocenters. The normalized spacial score (nSPS) is 40.4. The number of aliphatic hydroxyl groups is 1. The lowest BCUT2D eigenvalue weighted by Crippen LogP contribution is -2.48. The Labute approximate surface area is 137 Å². The molecule has 2 fully saturated rings. The molecule has 4 nitrogen and oxygen atoms in total. The van der Waals surface area contributed by atoms with Crippen molar-refractivity contribution in [2.45, 2.75) is 51.0 Å². The lowest BCUT2D eigenvalue weighted by Gasteiger charge is -2.50. The van der Waals surface area contributed by atoms with Crippen LogP contribution in [0.5, 0.6) is 5.75 Å². The molecule has 23 heavy (non-hydrogen) atoms. The molecule has 4 rings (SSSR count). The van der Waals surface area contributed by atoms with Crippen molar-refractivity contribution in [1.29, 1.82) is 0 Å². The van der Waals surface area contributed by atoms with E-state index in [1.54, 1.807) is 13.2 Å². The predicted molar refractivity (Wildman–Crippen MR) is 88.6 cm³/mol. The first-order valence-corrected chi connectivity index (χ1v) is 8.65. The summed E-state index contributed by atoms with van der Waals surface area (Å²) < 4.78 is 0. The van der Waals surface area contributed by atoms with Crippen LogP contribution in [0, 0.1) is 17.3 Å². The molecule has 4 heteroatoms. The zero-order valence-electron chi connectivity index (χ0n) is 13.8. The van der Waals surface area contributed by atoms with Crippen molar-refractivity contribution in [3.8, 4) is 5.75 Å². The Bertz CT molecular complexity index is 656. The molecular weight excluding hydrogens is 290 g/mol. The van der Waals surface area contributed by atoms with Crippen LogP contribution in [0.1, 0.15) is 49.7 Å². The largest absolute Gasteiger partial charge is 0.508 e. The first kappa shape index (κ1) is 15.0. The van der Waals surface area contributed by atoms with Crippen LogP contribution in [-0.4, -0.2) is 29.1 Å². The third-order valence-corrected chi connectivity index (χ3v) is 6.67. The number of hydrogen-bond acceptors (Lipinski definition) is 4. The van der Waals surface area contributed by atoms with E-state index in [1.807, 2.05) is 6.07 Å². The molecule has 1 aromatic rings. The number of fused-ring (bicyclic) bond motifs is 5. The zero-order valence-corrected chi connectivity index (χ0v) is 13.8. The molecule has 2 N–H and O–H groups in total. The number of phenolic OH excluding ortho intramolecular Hbond substituents is 1. The van der Waals surface area contributed by atoms with Crippen molar-refractivity contribution < 1.29 is 15.1 Å². The molecule has 5 atom stereocenters. The maximum atomic E-state index is 10.9. The van der Waals surface area contributed by atoms with Gasteiger partial charge in [-0.25, -0.2) is 0 Å². The topological polar surface area (TPSA) is 62.0 Å². The SMILES string of the molecule is CO/N=C1/CC[C@H]2[C@@H]3[C@H](O)Cc4cc(O)ccc4[C@H]3CC[C@]12C. The van der Waals surface area contributed by atoms with Crippen LogP contribution in [0.3, 0.4) is 0 Å². The van der Waals surface area contributed by atoms with Gasteiger partial charge in [-0.15, -0.1) is 0 Å². The second-order valence-electron chi connectivity index (χ2n) is 7.66. The Hall–Kier alpha value is -1.55. The molecule has 0 spiro atoms. The fourth-order valence-electron chi connectivity index (χ4n) is 5.64. The summed E-state index contributed by atoms with van der Waals surface area (Å²) in [6.07, 6.45) is 4.54. The Morgan fingerprint density at radius 2 is 2.13 bits per heavy atom. The van der Waals surface area contributed by atoms with E-state index in [2.05, 4.69) is 18.1 Å². The van der Waals surface area contributed by atoms with Crippen LogP contribution < -0.4 is 0 Å². The Morgan fingerprint density at radius 1 is 1.30 bits per heavy atom. The lowest BCUT2D eigenvalue weighted by molar-refractivity contribution is -0.00990. The molecule has 3 aliphatic rings. The van der Waals surface area contributed by atoms with Gasteiger partial charge < -0.3 is 15.1 Å². The molecular formula is C19H25NO3. The molecule has 124 valence electrons. The third-order valence-electron chi connectivity index (χ3n) is 6.67. The first-order valence-electron chi connectivity index (χ1n) is 8.65. The van der Waals surface area contributed by atoms with E-state index in [1.165, 1.54) is 11.3 Å². The van der Waals surface area contributed by atoms with E-state index in [0.717, 1.165) is 31.2 Å². The van der Waals surface area contributed by atoms with Gasteiger partial charge in [0, 0.05) is 5.41 Å². The van der Waals surface area contributed by atoms with E-state index < -0.39 is 0 Å². The molecule has 0 heterocycles. The number of rotatable bonds is 1. The van der Waals surface area contributed by atoms with Gasteiger partial charge in [0.1, 0.15) is 12.9 Å². The number of aliphatic hydroxyl groups excluding tert-OH is 1. The smallest absolute Gasteiger partial charge is 0.115 e. The lowest BCUT2D eigenvalue weighted by atomic mass is 9.54. The van der Waals surface area contributed by atoms with Crippen molar-refractivity contribution in [3.05, 3.63) is 29.3 Å². The summed E-state index contributed by atoms with van der Waals surface area (Å²) in [7, 11) is 1.62. The van der Waals surface area contributed by atoms with Crippen LogP contribution in [0.15, 0.2) is 23.4 Å². The van der Waals surface area contributed by atoms with Crippen LogP contribution in [0.2, 0.25) is 0 Å². The molecule has 0 radical (unpaired) electrons. The predicted octanol–water partition coefficient (Wildman–Crippen LogP) is 3.22. The van der Waals surface area contributed by atoms with E-state index in [9.17, 15) is 10.2 Å². The summed E-state index contributed by atoms with van der Waals surface area (Å²) in [6.45, 7) is 2.30. The van der Waals surface area contributed by atoms with E-state index >= 15 is 0 Å². The summed E-state index contributed by atoms with van der Waals surface area (Å²) in [4.78, 5) is 5.07. The molecule has 2 saturated carbocycles. The number of benzene rings is 1. The summed E-state index contributed by atoms with van der Waals surface area (Å²) in [5, 5.41) is 24.9. The van der Waals surface area contributed by atoms with Gasteiger partial charge in [0.15, 0.2) is 0 Å². The maximum Gasteiger partial charge on any atom is 0.115 e.